The predicted molar refractivity (Wildman–Crippen MR) is 83.9 cm³/mol. The molecule has 0 bridgehead atoms. The van der Waals surface area contributed by atoms with Gasteiger partial charge in [-0.25, -0.2) is 0 Å². The van der Waals surface area contributed by atoms with Crippen molar-refractivity contribution >= 4 is 5.91 Å². The van der Waals surface area contributed by atoms with Gasteiger partial charge in [0, 0.05) is 13.2 Å². The summed E-state index contributed by atoms with van der Waals surface area (Å²) < 4.78 is 5.60. The average molecular weight is 290 g/mol. The van der Waals surface area contributed by atoms with Crippen LogP contribution < -0.4 is 10.6 Å². The summed E-state index contributed by atoms with van der Waals surface area (Å²) in [5.74, 6) is 0.554. The Bertz CT molecular complexity index is 422. The van der Waals surface area contributed by atoms with E-state index in [1.807, 2.05) is 18.2 Å². The zero-order chi connectivity index (χ0) is 14.9. The van der Waals surface area contributed by atoms with Gasteiger partial charge in [0.15, 0.2) is 0 Å². The lowest BCUT2D eigenvalue weighted by molar-refractivity contribution is -0.124. The highest BCUT2D eigenvalue weighted by atomic mass is 16.5. The molecular formula is C17H26N2O2. The Hall–Kier alpha value is -1.39. The van der Waals surface area contributed by atoms with Crippen molar-refractivity contribution in [2.45, 2.75) is 38.8 Å². The van der Waals surface area contributed by atoms with Crippen LogP contribution in [0.15, 0.2) is 30.3 Å². The van der Waals surface area contributed by atoms with Crippen LogP contribution in [0.1, 0.15) is 31.7 Å². The van der Waals surface area contributed by atoms with Crippen molar-refractivity contribution in [2.24, 2.45) is 5.92 Å². The monoisotopic (exact) mass is 290 g/mol. The third-order valence-electron chi connectivity index (χ3n) is 3.93. The molecule has 1 fully saturated rings. The molecule has 1 saturated heterocycles. The summed E-state index contributed by atoms with van der Waals surface area (Å²) in [6, 6.07) is 10.1. The Morgan fingerprint density at radius 3 is 2.95 bits per heavy atom. The average Bonchev–Trinajstić information content (AvgIpc) is 2.52. The zero-order valence-corrected chi connectivity index (χ0v) is 12.8. The summed E-state index contributed by atoms with van der Waals surface area (Å²) in [6.07, 6.45) is 3.14. The largest absolute Gasteiger partial charge is 0.377 e. The van der Waals surface area contributed by atoms with Crippen LogP contribution in [0.5, 0.6) is 0 Å². The summed E-state index contributed by atoms with van der Waals surface area (Å²) >= 11 is 0. The Morgan fingerprint density at radius 1 is 1.38 bits per heavy atom. The number of nitrogens with one attached hydrogen (secondary N) is 2. The van der Waals surface area contributed by atoms with E-state index in [1.165, 1.54) is 5.56 Å². The SMILES string of the molecule is CC1CCCNC1C(=O)NCCCOCc1ccccc1. The Balaban J connectivity index is 1.54. The molecule has 1 aliphatic rings. The molecule has 116 valence electrons. The number of hydrogen-bond acceptors (Lipinski definition) is 3. The van der Waals surface area contributed by atoms with Crippen molar-refractivity contribution in [3.8, 4) is 0 Å². The van der Waals surface area contributed by atoms with Gasteiger partial charge >= 0.3 is 0 Å². The van der Waals surface area contributed by atoms with Gasteiger partial charge in [0.1, 0.15) is 0 Å². The summed E-state index contributed by atoms with van der Waals surface area (Å²) in [5.41, 5.74) is 1.18. The third-order valence-corrected chi connectivity index (χ3v) is 3.93. The highest BCUT2D eigenvalue weighted by molar-refractivity contribution is 5.82. The topological polar surface area (TPSA) is 50.4 Å². The number of hydrogen-bond donors (Lipinski definition) is 2. The molecule has 0 radical (unpaired) electrons. The summed E-state index contributed by atoms with van der Waals surface area (Å²) in [6.45, 7) is 5.07. The molecular weight excluding hydrogens is 264 g/mol. The summed E-state index contributed by atoms with van der Waals surface area (Å²) in [5, 5.41) is 6.30. The number of piperidine rings is 1. The summed E-state index contributed by atoms with van der Waals surface area (Å²) in [4.78, 5) is 12.0. The first-order valence-electron chi connectivity index (χ1n) is 7.90. The van der Waals surface area contributed by atoms with Crippen LogP contribution in [0.25, 0.3) is 0 Å². The number of carbonyl (C=O) groups is 1. The third kappa shape index (κ3) is 5.48. The van der Waals surface area contributed by atoms with E-state index in [2.05, 4.69) is 29.7 Å². The van der Waals surface area contributed by atoms with Crippen LogP contribution in [-0.2, 0) is 16.1 Å². The lowest BCUT2D eigenvalue weighted by atomic mass is 9.92. The normalized spacial score (nSPS) is 22.0. The standard InChI is InChI=1S/C17H26N2O2/c1-14-7-5-10-18-16(14)17(20)19-11-6-12-21-13-15-8-3-2-4-9-15/h2-4,8-9,14,16,18H,5-7,10-13H2,1H3,(H,19,20). The van der Waals surface area contributed by atoms with Crippen molar-refractivity contribution in [2.75, 3.05) is 19.7 Å². The van der Waals surface area contributed by atoms with Crippen molar-refractivity contribution in [1.82, 2.24) is 10.6 Å². The molecule has 4 nitrogen and oxygen atoms in total. The van der Waals surface area contributed by atoms with Gasteiger partial charge in [0.25, 0.3) is 0 Å². The van der Waals surface area contributed by atoms with Crippen molar-refractivity contribution in [3.05, 3.63) is 35.9 Å². The van der Waals surface area contributed by atoms with Crippen LogP contribution >= 0.6 is 0 Å². The minimum absolute atomic E-state index is 0.0241. The number of amides is 1. The zero-order valence-electron chi connectivity index (χ0n) is 12.8. The maximum absolute atomic E-state index is 12.0. The van der Waals surface area contributed by atoms with E-state index in [0.29, 0.717) is 25.7 Å². The molecule has 1 aromatic rings. The van der Waals surface area contributed by atoms with Gasteiger partial charge < -0.3 is 15.4 Å². The van der Waals surface area contributed by atoms with Crippen LogP contribution in [0.3, 0.4) is 0 Å². The van der Waals surface area contributed by atoms with Gasteiger partial charge in [0.2, 0.25) is 5.91 Å². The molecule has 0 aliphatic carbocycles. The minimum atomic E-state index is -0.0241. The first-order chi connectivity index (χ1) is 10.3. The molecule has 2 unspecified atom stereocenters. The lowest BCUT2D eigenvalue weighted by Gasteiger charge is -2.28. The maximum Gasteiger partial charge on any atom is 0.237 e. The Kier molecular flexibility index (Phi) is 6.70. The van der Waals surface area contributed by atoms with Gasteiger partial charge in [-0.05, 0) is 37.3 Å². The molecule has 0 saturated carbocycles. The lowest BCUT2D eigenvalue weighted by Crippen LogP contribution is -2.51. The van der Waals surface area contributed by atoms with Crippen LogP contribution in [0.4, 0.5) is 0 Å². The Morgan fingerprint density at radius 2 is 2.19 bits per heavy atom. The fraction of sp³-hybridized carbons (Fsp3) is 0.588. The Labute approximate surface area is 127 Å². The van der Waals surface area contributed by atoms with Crippen LogP contribution in [-0.4, -0.2) is 31.6 Å². The fourth-order valence-corrected chi connectivity index (χ4v) is 2.66. The first kappa shape index (κ1) is 16.0. The molecule has 0 spiro atoms. The molecule has 1 aliphatic heterocycles. The molecule has 0 aromatic heterocycles. The van der Waals surface area contributed by atoms with Gasteiger partial charge in [-0.3, -0.25) is 4.79 Å². The van der Waals surface area contributed by atoms with E-state index in [-0.39, 0.29) is 11.9 Å². The van der Waals surface area contributed by atoms with Crippen molar-refractivity contribution in [1.29, 1.82) is 0 Å². The van der Waals surface area contributed by atoms with Gasteiger partial charge in [-0.15, -0.1) is 0 Å². The highest BCUT2D eigenvalue weighted by Crippen LogP contribution is 2.15. The molecule has 2 N–H and O–H groups in total. The quantitative estimate of drug-likeness (QED) is 0.756. The van der Waals surface area contributed by atoms with E-state index in [1.54, 1.807) is 0 Å². The second-order valence-corrected chi connectivity index (χ2v) is 5.73. The second-order valence-electron chi connectivity index (χ2n) is 5.73. The van der Waals surface area contributed by atoms with Gasteiger partial charge in [-0.1, -0.05) is 37.3 Å². The van der Waals surface area contributed by atoms with Crippen LogP contribution in [0, 0.1) is 5.92 Å². The van der Waals surface area contributed by atoms with Gasteiger partial charge in [0.05, 0.1) is 12.6 Å². The molecule has 1 amide bonds. The molecule has 2 atom stereocenters. The van der Waals surface area contributed by atoms with E-state index in [9.17, 15) is 4.79 Å². The molecule has 1 aromatic carbocycles. The van der Waals surface area contributed by atoms with E-state index in [4.69, 9.17) is 4.74 Å². The molecule has 1 heterocycles. The highest BCUT2D eigenvalue weighted by Gasteiger charge is 2.26. The molecule has 2 rings (SSSR count). The number of ether oxygens (including phenoxy) is 1. The van der Waals surface area contributed by atoms with Gasteiger partial charge in [-0.2, -0.15) is 0 Å². The minimum Gasteiger partial charge on any atom is -0.377 e. The summed E-state index contributed by atoms with van der Waals surface area (Å²) in [7, 11) is 0. The van der Waals surface area contributed by atoms with Crippen molar-refractivity contribution < 1.29 is 9.53 Å². The first-order valence-corrected chi connectivity index (χ1v) is 7.90. The number of carbonyl (C=O) groups excluding carboxylic acids is 1. The predicted octanol–water partition coefficient (Wildman–Crippen LogP) is 2.10. The fourth-order valence-electron chi connectivity index (χ4n) is 2.66. The van der Waals surface area contributed by atoms with E-state index < -0.39 is 0 Å². The van der Waals surface area contributed by atoms with E-state index in [0.717, 1.165) is 25.8 Å². The molecule has 21 heavy (non-hydrogen) atoms. The number of benzene rings is 1. The molecule has 4 heteroatoms. The second kappa shape index (κ2) is 8.80. The number of rotatable bonds is 7. The van der Waals surface area contributed by atoms with Crippen molar-refractivity contribution in [3.63, 3.8) is 0 Å². The maximum atomic E-state index is 12.0. The van der Waals surface area contributed by atoms with Crippen LogP contribution in [0.2, 0.25) is 0 Å². The smallest absolute Gasteiger partial charge is 0.237 e. The van der Waals surface area contributed by atoms with E-state index >= 15 is 0 Å².